The summed E-state index contributed by atoms with van der Waals surface area (Å²) in [5.41, 5.74) is 6.88. The largest absolute Gasteiger partial charge is 0.387 e. The number of imidazole rings is 1. The highest BCUT2D eigenvalue weighted by atomic mass is 32.2. The van der Waals surface area contributed by atoms with Crippen LogP contribution in [-0.4, -0.2) is 59.5 Å². The summed E-state index contributed by atoms with van der Waals surface area (Å²) < 4.78 is 7.54. The standard InChI is InChI=1S/C19H27N5O3S/c1-3-5-6-7-8-13-22-17(20)14-18(23-13)24(11-21-14)19-16(26)15(25)12(27-19)10-28-9-4-2/h11-12,15-16,19,25-26H,3-6,9-10H2,1-2H3,(H2,20,22,23)/t12-,15?,16?,19-/m1/s1. The third-order valence-corrected chi connectivity index (χ3v) is 5.81. The van der Waals surface area contributed by atoms with Gasteiger partial charge in [0.1, 0.15) is 17.7 Å². The summed E-state index contributed by atoms with van der Waals surface area (Å²) in [5.74, 6) is 8.11. The molecule has 2 unspecified atom stereocenters. The maximum absolute atomic E-state index is 10.5. The van der Waals surface area contributed by atoms with Gasteiger partial charge in [0.25, 0.3) is 0 Å². The fourth-order valence-electron chi connectivity index (χ4n) is 3.03. The van der Waals surface area contributed by atoms with E-state index in [0.29, 0.717) is 22.7 Å². The first kappa shape index (κ1) is 20.9. The number of unbranched alkanes of at least 4 members (excludes halogenated alkanes) is 2. The molecule has 0 bridgehead atoms. The number of thioether (sulfide) groups is 1. The van der Waals surface area contributed by atoms with E-state index in [2.05, 4.69) is 40.6 Å². The number of nitrogen functional groups attached to an aromatic ring is 1. The number of nitrogens with zero attached hydrogens (tertiary/aromatic N) is 4. The molecule has 1 saturated heterocycles. The summed E-state index contributed by atoms with van der Waals surface area (Å²) in [4.78, 5) is 12.9. The van der Waals surface area contributed by atoms with Crippen molar-refractivity contribution < 1.29 is 14.9 Å². The third kappa shape index (κ3) is 4.41. The predicted molar refractivity (Wildman–Crippen MR) is 110 cm³/mol. The zero-order chi connectivity index (χ0) is 20.1. The number of ether oxygens (including phenoxy) is 1. The molecule has 0 amide bonds. The van der Waals surface area contributed by atoms with Crippen LogP contribution in [0, 0.1) is 11.8 Å². The average molecular weight is 406 g/mol. The van der Waals surface area contributed by atoms with Crippen molar-refractivity contribution in [2.75, 3.05) is 17.2 Å². The van der Waals surface area contributed by atoms with Crippen molar-refractivity contribution in [1.82, 2.24) is 19.5 Å². The molecule has 3 heterocycles. The predicted octanol–water partition coefficient (Wildman–Crippen LogP) is 1.71. The molecule has 28 heavy (non-hydrogen) atoms. The van der Waals surface area contributed by atoms with Crippen LogP contribution in [0.3, 0.4) is 0 Å². The lowest BCUT2D eigenvalue weighted by Gasteiger charge is -2.16. The highest BCUT2D eigenvalue weighted by Crippen LogP contribution is 2.33. The van der Waals surface area contributed by atoms with E-state index >= 15 is 0 Å². The second kappa shape index (κ2) is 9.56. The van der Waals surface area contributed by atoms with E-state index in [9.17, 15) is 10.2 Å². The van der Waals surface area contributed by atoms with Gasteiger partial charge in [0, 0.05) is 12.2 Å². The quantitative estimate of drug-likeness (QED) is 0.470. The van der Waals surface area contributed by atoms with Crippen LogP contribution in [0.5, 0.6) is 0 Å². The van der Waals surface area contributed by atoms with Crippen molar-refractivity contribution in [3.05, 3.63) is 12.2 Å². The van der Waals surface area contributed by atoms with E-state index in [4.69, 9.17) is 10.5 Å². The summed E-state index contributed by atoms with van der Waals surface area (Å²) in [5, 5.41) is 20.9. The minimum atomic E-state index is -1.08. The van der Waals surface area contributed by atoms with Gasteiger partial charge in [0.15, 0.2) is 17.7 Å². The van der Waals surface area contributed by atoms with Crippen molar-refractivity contribution in [2.24, 2.45) is 0 Å². The fraction of sp³-hybridized carbons (Fsp3) is 0.632. The van der Waals surface area contributed by atoms with Gasteiger partial charge < -0.3 is 20.7 Å². The summed E-state index contributed by atoms with van der Waals surface area (Å²) >= 11 is 1.69. The Morgan fingerprint density at radius 3 is 2.82 bits per heavy atom. The van der Waals surface area contributed by atoms with E-state index in [0.717, 1.165) is 31.4 Å². The molecule has 1 aliphatic rings. The van der Waals surface area contributed by atoms with Crippen LogP contribution in [0.4, 0.5) is 5.82 Å². The average Bonchev–Trinajstić information content (AvgIpc) is 3.22. The van der Waals surface area contributed by atoms with Crippen LogP contribution in [0.25, 0.3) is 11.2 Å². The summed E-state index contributed by atoms with van der Waals surface area (Å²) in [6, 6.07) is 0. The maximum atomic E-state index is 10.5. The highest BCUT2D eigenvalue weighted by Gasteiger charge is 2.44. The monoisotopic (exact) mass is 405 g/mol. The Balaban J connectivity index is 1.86. The Morgan fingerprint density at radius 1 is 1.25 bits per heavy atom. The molecule has 2 aromatic heterocycles. The number of anilines is 1. The smallest absolute Gasteiger partial charge is 0.208 e. The van der Waals surface area contributed by atoms with Crippen LogP contribution in [0.2, 0.25) is 0 Å². The number of hydrogen-bond donors (Lipinski definition) is 3. The normalized spacial score (nSPS) is 24.4. The fourth-order valence-corrected chi connectivity index (χ4v) is 3.99. The van der Waals surface area contributed by atoms with Gasteiger partial charge in [-0.3, -0.25) is 4.57 Å². The second-order valence-corrected chi connectivity index (χ2v) is 7.93. The first-order valence-corrected chi connectivity index (χ1v) is 10.8. The number of aromatic nitrogens is 4. The molecule has 2 aromatic rings. The maximum Gasteiger partial charge on any atom is 0.208 e. The minimum absolute atomic E-state index is 0.228. The molecule has 4 N–H and O–H groups in total. The second-order valence-electron chi connectivity index (χ2n) is 6.78. The zero-order valence-electron chi connectivity index (χ0n) is 16.2. The van der Waals surface area contributed by atoms with Crippen LogP contribution < -0.4 is 5.73 Å². The van der Waals surface area contributed by atoms with E-state index in [1.807, 2.05) is 0 Å². The van der Waals surface area contributed by atoms with Gasteiger partial charge >= 0.3 is 0 Å². The van der Waals surface area contributed by atoms with Gasteiger partial charge in [-0.2, -0.15) is 11.8 Å². The van der Waals surface area contributed by atoms with Crippen LogP contribution in [0.15, 0.2) is 6.33 Å². The van der Waals surface area contributed by atoms with Gasteiger partial charge in [-0.1, -0.05) is 26.2 Å². The van der Waals surface area contributed by atoms with E-state index in [1.165, 1.54) is 6.33 Å². The molecule has 9 heteroatoms. The molecule has 3 rings (SSSR count). The Kier molecular flexibility index (Phi) is 7.13. The molecule has 1 fully saturated rings. The molecule has 4 atom stereocenters. The van der Waals surface area contributed by atoms with E-state index in [-0.39, 0.29) is 5.82 Å². The summed E-state index contributed by atoms with van der Waals surface area (Å²) in [6.07, 6.45) is 2.10. The number of fused-ring (bicyclic) bond motifs is 1. The molecular formula is C19H27N5O3S. The lowest BCUT2D eigenvalue weighted by atomic mass is 10.1. The third-order valence-electron chi connectivity index (χ3n) is 4.55. The Bertz CT molecular complexity index is 862. The number of rotatable bonds is 7. The summed E-state index contributed by atoms with van der Waals surface area (Å²) in [6.45, 7) is 4.21. The topological polar surface area (TPSA) is 119 Å². The lowest BCUT2D eigenvalue weighted by molar-refractivity contribution is -0.0289. The van der Waals surface area contributed by atoms with Crippen LogP contribution in [-0.2, 0) is 4.74 Å². The number of hydrogen-bond acceptors (Lipinski definition) is 8. The van der Waals surface area contributed by atoms with Crippen molar-refractivity contribution in [3.63, 3.8) is 0 Å². The first-order chi connectivity index (χ1) is 13.6. The number of nitrogens with two attached hydrogens (primary N) is 1. The Morgan fingerprint density at radius 2 is 2.07 bits per heavy atom. The van der Waals surface area contributed by atoms with Crippen molar-refractivity contribution in [2.45, 2.75) is 64.1 Å². The van der Waals surface area contributed by atoms with E-state index < -0.39 is 24.5 Å². The van der Waals surface area contributed by atoms with Gasteiger partial charge in [0.2, 0.25) is 5.82 Å². The highest BCUT2D eigenvalue weighted by molar-refractivity contribution is 7.99. The Labute approximate surface area is 168 Å². The molecule has 0 aromatic carbocycles. The first-order valence-electron chi connectivity index (χ1n) is 9.65. The van der Waals surface area contributed by atoms with Crippen molar-refractivity contribution in [1.29, 1.82) is 0 Å². The SMILES string of the molecule is CCCCC#Cc1nc(N)c2ncn([C@@H]3O[C@H](CSCCC)C(O)C3O)c2n1. The molecule has 8 nitrogen and oxygen atoms in total. The molecule has 0 spiro atoms. The molecule has 0 saturated carbocycles. The molecule has 0 aliphatic carbocycles. The van der Waals surface area contributed by atoms with Crippen molar-refractivity contribution in [3.8, 4) is 11.8 Å². The summed E-state index contributed by atoms with van der Waals surface area (Å²) in [7, 11) is 0. The lowest BCUT2D eigenvalue weighted by Crippen LogP contribution is -2.32. The molecule has 1 aliphatic heterocycles. The van der Waals surface area contributed by atoms with Gasteiger partial charge in [-0.05, 0) is 24.5 Å². The van der Waals surface area contributed by atoms with Crippen LogP contribution >= 0.6 is 11.8 Å². The molecular weight excluding hydrogens is 378 g/mol. The molecule has 152 valence electrons. The Hall–Kier alpha value is -1.86. The number of aliphatic hydroxyl groups is 2. The molecule has 0 radical (unpaired) electrons. The minimum Gasteiger partial charge on any atom is -0.387 e. The van der Waals surface area contributed by atoms with Crippen LogP contribution in [0.1, 0.15) is 51.6 Å². The van der Waals surface area contributed by atoms with Gasteiger partial charge in [0.05, 0.1) is 12.4 Å². The number of aliphatic hydroxyl groups excluding tert-OH is 2. The van der Waals surface area contributed by atoms with Gasteiger partial charge in [-0.25, -0.2) is 15.0 Å². The van der Waals surface area contributed by atoms with Gasteiger partial charge in [-0.15, -0.1) is 0 Å². The van der Waals surface area contributed by atoms with Crippen molar-refractivity contribution >= 4 is 28.7 Å². The zero-order valence-corrected chi connectivity index (χ0v) is 17.0. The van der Waals surface area contributed by atoms with E-state index in [1.54, 1.807) is 16.3 Å².